The maximum Gasteiger partial charge on any atom is 0.237 e. The van der Waals surface area contributed by atoms with E-state index < -0.39 is 5.92 Å². The van der Waals surface area contributed by atoms with Crippen molar-refractivity contribution in [3.8, 4) is 6.07 Å². The predicted molar refractivity (Wildman–Crippen MR) is 68.2 cm³/mol. The van der Waals surface area contributed by atoms with Crippen LogP contribution in [0.3, 0.4) is 0 Å². The quantitative estimate of drug-likeness (QED) is 0.815. The molecule has 0 aromatic carbocycles. The molecular weight excluding hydrogens is 212 g/mol. The summed E-state index contributed by atoms with van der Waals surface area (Å²) in [5, 5.41) is 12.0. The lowest BCUT2D eigenvalue weighted by Crippen LogP contribution is -2.41. The molecule has 1 aliphatic rings. The van der Waals surface area contributed by atoms with E-state index in [9.17, 15) is 4.79 Å². The molecule has 1 atom stereocenters. The summed E-state index contributed by atoms with van der Waals surface area (Å²) in [5.74, 6) is -0.533. The lowest BCUT2D eigenvalue weighted by molar-refractivity contribution is -0.124. The van der Waals surface area contributed by atoms with Gasteiger partial charge in [-0.15, -0.1) is 0 Å². The topological polar surface area (TPSA) is 52.9 Å². The lowest BCUT2D eigenvalue weighted by Gasteiger charge is -2.34. The second-order valence-corrected chi connectivity index (χ2v) is 5.92. The van der Waals surface area contributed by atoms with Crippen molar-refractivity contribution in [2.45, 2.75) is 65.3 Å². The summed E-state index contributed by atoms with van der Waals surface area (Å²) in [6, 6.07) is 2.38. The van der Waals surface area contributed by atoms with Crippen LogP contribution in [0, 0.1) is 22.7 Å². The first kappa shape index (κ1) is 14.0. The van der Waals surface area contributed by atoms with Crippen LogP contribution in [-0.4, -0.2) is 11.9 Å². The average molecular weight is 236 g/mol. The van der Waals surface area contributed by atoms with E-state index >= 15 is 0 Å². The van der Waals surface area contributed by atoms with Crippen molar-refractivity contribution in [2.24, 2.45) is 11.3 Å². The summed E-state index contributed by atoms with van der Waals surface area (Å²) in [7, 11) is 0. The van der Waals surface area contributed by atoms with Crippen molar-refractivity contribution in [2.75, 3.05) is 0 Å². The third-order valence-electron chi connectivity index (χ3n) is 3.74. The first-order valence-electron chi connectivity index (χ1n) is 6.68. The Kier molecular flexibility index (Phi) is 4.99. The molecule has 1 fully saturated rings. The first-order valence-corrected chi connectivity index (χ1v) is 6.68. The average Bonchev–Trinajstić information content (AvgIpc) is 2.28. The van der Waals surface area contributed by atoms with Crippen molar-refractivity contribution in [3.63, 3.8) is 0 Å². The molecule has 17 heavy (non-hydrogen) atoms. The smallest absolute Gasteiger partial charge is 0.237 e. The Balaban J connectivity index is 2.40. The summed E-state index contributed by atoms with van der Waals surface area (Å²) in [6.45, 7) is 6.56. The van der Waals surface area contributed by atoms with Gasteiger partial charge >= 0.3 is 0 Å². The standard InChI is InChI=1S/C14H24N2O/c1-4-5-11(10-15)13(17)16-12-6-8-14(2,3)9-7-12/h11-12H,4-9H2,1-3H3,(H,16,17). The fraction of sp³-hybridized carbons (Fsp3) is 0.857. The van der Waals surface area contributed by atoms with Gasteiger partial charge in [0.2, 0.25) is 5.91 Å². The molecule has 0 aromatic heterocycles. The molecule has 3 heteroatoms. The van der Waals surface area contributed by atoms with Crippen LogP contribution in [0.4, 0.5) is 0 Å². The van der Waals surface area contributed by atoms with Gasteiger partial charge in [0, 0.05) is 6.04 Å². The number of hydrogen-bond donors (Lipinski definition) is 1. The van der Waals surface area contributed by atoms with E-state index in [1.165, 1.54) is 0 Å². The molecule has 0 heterocycles. The van der Waals surface area contributed by atoms with Gasteiger partial charge < -0.3 is 5.32 Å². The molecule has 96 valence electrons. The second-order valence-electron chi connectivity index (χ2n) is 5.92. The van der Waals surface area contributed by atoms with Crippen LogP contribution in [0.5, 0.6) is 0 Å². The van der Waals surface area contributed by atoms with E-state index in [1.807, 2.05) is 6.92 Å². The summed E-state index contributed by atoms with van der Waals surface area (Å²) < 4.78 is 0. The van der Waals surface area contributed by atoms with Gasteiger partial charge in [0.05, 0.1) is 6.07 Å². The Morgan fingerprint density at radius 1 is 1.47 bits per heavy atom. The van der Waals surface area contributed by atoms with E-state index in [-0.39, 0.29) is 11.9 Å². The van der Waals surface area contributed by atoms with E-state index in [1.54, 1.807) is 0 Å². The van der Waals surface area contributed by atoms with Crippen LogP contribution >= 0.6 is 0 Å². The monoisotopic (exact) mass is 236 g/mol. The maximum atomic E-state index is 11.9. The predicted octanol–water partition coefficient (Wildman–Crippen LogP) is 3.01. The number of carbonyl (C=O) groups excluding carboxylic acids is 1. The number of hydrogen-bond acceptors (Lipinski definition) is 2. The molecule has 1 rings (SSSR count). The Morgan fingerprint density at radius 2 is 2.06 bits per heavy atom. The zero-order chi connectivity index (χ0) is 12.9. The van der Waals surface area contributed by atoms with Crippen LogP contribution in [0.25, 0.3) is 0 Å². The maximum absolute atomic E-state index is 11.9. The highest BCUT2D eigenvalue weighted by atomic mass is 16.1. The highest BCUT2D eigenvalue weighted by molar-refractivity contribution is 5.81. The minimum absolute atomic E-state index is 0.0703. The lowest BCUT2D eigenvalue weighted by atomic mass is 9.75. The second kappa shape index (κ2) is 6.05. The highest BCUT2D eigenvalue weighted by Crippen LogP contribution is 2.35. The molecule has 0 radical (unpaired) electrons. The molecule has 1 aliphatic carbocycles. The Morgan fingerprint density at radius 3 is 2.53 bits per heavy atom. The molecule has 0 bridgehead atoms. The largest absolute Gasteiger partial charge is 0.352 e. The van der Waals surface area contributed by atoms with E-state index in [4.69, 9.17) is 5.26 Å². The molecular formula is C14H24N2O. The summed E-state index contributed by atoms with van der Waals surface area (Å²) in [4.78, 5) is 11.9. The van der Waals surface area contributed by atoms with Gasteiger partial charge in [0.15, 0.2) is 0 Å². The highest BCUT2D eigenvalue weighted by Gasteiger charge is 2.28. The van der Waals surface area contributed by atoms with Crippen LogP contribution in [0.2, 0.25) is 0 Å². The van der Waals surface area contributed by atoms with Crippen molar-refractivity contribution >= 4 is 5.91 Å². The molecule has 0 aliphatic heterocycles. The van der Waals surface area contributed by atoms with Crippen LogP contribution < -0.4 is 5.32 Å². The third kappa shape index (κ3) is 4.38. The third-order valence-corrected chi connectivity index (χ3v) is 3.74. The molecule has 0 aromatic rings. The Bertz CT molecular complexity index is 294. The number of carbonyl (C=O) groups is 1. The van der Waals surface area contributed by atoms with Gasteiger partial charge in [0.25, 0.3) is 0 Å². The van der Waals surface area contributed by atoms with Gasteiger partial charge in [-0.1, -0.05) is 27.2 Å². The van der Waals surface area contributed by atoms with Crippen molar-refractivity contribution < 1.29 is 4.79 Å². The number of nitrogens with zero attached hydrogens (tertiary/aromatic N) is 1. The van der Waals surface area contributed by atoms with E-state index in [2.05, 4.69) is 25.2 Å². The molecule has 1 amide bonds. The molecule has 1 unspecified atom stereocenters. The fourth-order valence-corrected chi connectivity index (χ4v) is 2.39. The molecule has 1 N–H and O–H groups in total. The number of amides is 1. The Hall–Kier alpha value is -1.04. The minimum Gasteiger partial charge on any atom is -0.352 e. The molecule has 0 saturated heterocycles. The van der Waals surface area contributed by atoms with Gasteiger partial charge in [-0.25, -0.2) is 0 Å². The van der Waals surface area contributed by atoms with Crippen LogP contribution in [-0.2, 0) is 4.79 Å². The summed E-state index contributed by atoms with van der Waals surface area (Å²) in [6.07, 6.45) is 5.95. The van der Waals surface area contributed by atoms with Gasteiger partial charge in [-0.3, -0.25) is 4.79 Å². The summed E-state index contributed by atoms with van der Waals surface area (Å²) in [5.41, 5.74) is 0.416. The van der Waals surface area contributed by atoms with Gasteiger partial charge in [0.1, 0.15) is 5.92 Å². The minimum atomic E-state index is -0.463. The van der Waals surface area contributed by atoms with Crippen LogP contribution in [0.15, 0.2) is 0 Å². The molecule has 1 saturated carbocycles. The van der Waals surface area contributed by atoms with E-state index in [0.29, 0.717) is 11.8 Å². The van der Waals surface area contributed by atoms with Crippen molar-refractivity contribution in [1.29, 1.82) is 5.26 Å². The number of rotatable bonds is 4. The Labute approximate surface area is 105 Å². The normalized spacial score (nSPS) is 21.5. The first-order chi connectivity index (χ1) is 7.98. The molecule has 0 spiro atoms. The zero-order valence-electron chi connectivity index (χ0n) is 11.3. The number of nitrogens with one attached hydrogen (secondary N) is 1. The molecule has 3 nitrogen and oxygen atoms in total. The summed E-state index contributed by atoms with van der Waals surface area (Å²) >= 11 is 0. The SMILES string of the molecule is CCCC(C#N)C(=O)NC1CCC(C)(C)CC1. The van der Waals surface area contributed by atoms with E-state index in [0.717, 1.165) is 32.1 Å². The zero-order valence-corrected chi connectivity index (χ0v) is 11.3. The van der Waals surface area contributed by atoms with Gasteiger partial charge in [-0.2, -0.15) is 5.26 Å². The number of nitriles is 1. The van der Waals surface area contributed by atoms with Crippen molar-refractivity contribution in [1.82, 2.24) is 5.32 Å². The van der Waals surface area contributed by atoms with Gasteiger partial charge in [-0.05, 0) is 37.5 Å². The van der Waals surface area contributed by atoms with Crippen molar-refractivity contribution in [3.05, 3.63) is 0 Å². The van der Waals surface area contributed by atoms with Crippen LogP contribution in [0.1, 0.15) is 59.3 Å². The fourth-order valence-electron chi connectivity index (χ4n) is 2.39.